The van der Waals surface area contributed by atoms with E-state index >= 15 is 0 Å². The van der Waals surface area contributed by atoms with E-state index in [2.05, 4.69) is 9.47 Å². The third kappa shape index (κ3) is 81.7. The summed E-state index contributed by atoms with van der Waals surface area (Å²) in [5.41, 5.74) is 0. The van der Waals surface area contributed by atoms with E-state index < -0.39 is 7.25 Å². The van der Waals surface area contributed by atoms with E-state index in [1.54, 1.807) is 14.2 Å². The number of methoxy groups -OCH3 is 2. The summed E-state index contributed by atoms with van der Waals surface area (Å²) in [6.45, 7) is 1.38. The first kappa shape index (κ1) is 18.2. The first-order valence-electron chi connectivity index (χ1n) is 2.77. The Bertz CT molecular complexity index is 71.9. The summed E-state index contributed by atoms with van der Waals surface area (Å²) >= 11 is 0. The van der Waals surface area contributed by atoms with E-state index in [9.17, 15) is 17.3 Å². The van der Waals surface area contributed by atoms with Gasteiger partial charge in [0.15, 0.2) is 0 Å². The second-order valence-corrected chi connectivity index (χ2v) is 1.48. The van der Waals surface area contributed by atoms with Gasteiger partial charge in [0.2, 0.25) is 0 Å². The summed E-state index contributed by atoms with van der Waals surface area (Å²) in [6, 6.07) is 0. The Balaban J connectivity index is -0.000000126. The molecule has 0 aliphatic heterocycles. The van der Waals surface area contributed by atoms with Crippen LogP contribution in [-0.4, -0.2) is 34.7 Å². The van der Waals surface area contributed by atoms with Gasteiger partial charge in [0.05, 0.1) is 13.2 Å². The molecule has 2 nitrogen and oxygen atoms in total. The molecule has 0 aliphatic carbocycles. The molecule has 0 atom stereocenters. The molecule has 0 saturated carbocycles. The van der Waals surface area contributed by atoms with Gasteiger partial charge in [0.1, 0.15) is 0 Å². The summed E-state index contributed by atoms with van der Waals surface area (Å²) in [6.07, 6.45) is 0. The molecule has 0 radical (unpaired) electrons. The van der Waals surface area contributed by atoms with Gasteiger partial charge in [-0.1, -0.05) is 0 Å². The van der Waals surface area contributed by atoms with Crippen LogP contribution >= 0.6 is 0 Å². The first-order chi connectivity index (χ1) is 4.91. The normalized spacial score (nSPS) is 9.50. The van der Waals surface area contributed by atoms with Crippen LogP contribution in [0.15, 0.2) is 0 Å². The van der Waals surface area contributed by atoms with Crippen LogP contribution in [0.4, 0.5) is 17.3 Å². The summed E-state index contributed by atoms with van der Waals surface area (Å²) in [5, 5.41) is 0. The molecule has 0 fully saturated rings. The quantitative estimate of drug-likeness (QED) is 0.304. The fraction of sp³-hybridized carbons (Fsp3) is 1.00. The number of rotatable bonds is 3. The molecule has 70 valence electrons. The molecule has 0 aromatic heterocycles. The van der Waals surface area contributed by atoms with Crippen LogP contribution < -0.4 is 18.9 Å². The minimum atomic E-state index is -6.00. The average Bonchev–Trinajstić information content (AvgIpc) is 1.79. The van der Waals surface area contributed by atoms with Crippen LogP contribution in [0.25, 0.3) is 0 Å². The molecule has 0 rings (SSSR count). The van der Waals surface area contributed by atoms with Gasteiger partial charge in [-0.05, 0) is 0 Å². The topological polar surface area (TPSA) is 18.5 Å². The summed E-state index contributed by atoms with van der Waals surface area (Å²) in [5.74, 6) is 0. The van der Waals surface area contributed by atoms with Crippen LogP contribution in [0.1, 0.15) is 0 Å². The molecular weight excluding hydrogens is 174 g/mol. The largest absolute Gasteiger partial charge is 1.00 e. The van der Waals surface area contributed by atoms with E-state index in [0.29, 0.717) is 13.2 Å². The van der Waals surface area contributed by atoms with E-state index in [4.69, 9.17) is 0 Å². The number of ether oxygens (including phenoxy) is 2. The van der Waals surface area contributed by atoms with Crippen molar-refractivity contribution in [2.75, 3.05) is 27.4 Å². The second-order valence-electron chi connectivity index (χ2n) is 1.48. The van der Waals surface area contributed by atoms with Crippen LogP contribution in [0.3, 0.4) is 0 Å². The Morgan fingerprint density at radius 2 is 1.08 bits per heavy atom. The number of hydrogen-bond acceptors (Lipinski definition) is 2. The van der Waals surface area contributed by atoms with Crippen LogP contribution in [0, 0.1) is 0 Å². The zero-order valence-corrected chi connectivity index (χ0v) is 7.32. The smallest absolute Gasteiger partial charge is 0.418 e. The standard InChI is InChI=1S/C4H10O2.BF4.Li/c1-5-3-4-6-2;2-1(3,4)5;/h3-4H2,1-2H3;;/q;-1;+1. The zero-order chi connectivity index (χ0) is 9.33. The van der Waals surface area contributed by atoms with Gasteiger partial charge in [0.25, 0.3) is 0 Å². The van der Waals surface area contributed by atoms with Crippen molar-refractivity contribution >= 4 is 7.25 Å². The third-order valence-electron chi connectivity index (χ3n) is 0.492. The van der Waals surface area contributed by atoms with Gasteiger partial charge in [-0.3, -0.25) is 0 Å². The molecule has 0 unspecified atom stereocenters. The van der Waals surface area contributed by atoms with Crippen molar-refractivity contribution in [1.82, 2.24) is 0 Å². The van der Waals surface area contributed by atoms with Crippen molar-refractivity contribution in [3.05, 3.63) is 0 Å². The zero-order valence-electron chi connectivity index (χ0n) is 7.32. The van der Waals surface area contributed by atoms with Crippen molar-refractivity contribution in [1.29, 1.82) is 0 Å². The van der Waals surface area contributed by atoms with E-state index in [-0.39, 0.29) is 18.9 Å². The van der Waals surface area contributed by atoms with Crippen LogP contribution in [-0.2, 0) is 9.47 Å². The molecule has 0 aliphatic rings. The molecule has 0 aromatic carbocycles. The Labute approximate surface area is 80.9 Å². The van der Waals surface area contributed by atoms with Crippen LogP contribution in [0.5, 0.6) is 0 Å². The fourth-order valence-corrected chi connectivity index (χ4v) is 0.167. The molecule has 0 spiro atoms. The predicted octanol–water partition coefficient (Wildman–Crippen LogP) is -1.42. The van der Waals surface area contributed by atoms with Gasteiger partial charge in [0, 0.05) is 14.2 Å². The molecule has 0 bridgehead atoms. The molecular formula is C4H10BF4LiO2. The van der Waals surface area contributed by atoms with Crippen molar-refractivity contribution in [2.24, 2.45) is 0 Å². The minimum absolute atomic E-state index is 0. The van der Waals surface area contributed by atoms with Crippen LogP contribution in [0.2, 0.25) is 0 Å². The molecule has 8 heteroatoms. The monoisotopic (exact) mass is 184 g/mol. The number of hydrogen-bond donors (Lipinski definition) is 0. The molecule has 0 heterocycles. The fourth-order valence-electron chi connectivity index (χ4n) is 0.167. The Hall–Kier alpha value is 0.302. The minimum Gasteiger partial charge on any atom is -0.418 e. The third-order valence-corrected chi connectivity index (χ3v) is 0.492. The van der Waals surface area contributed by atoms with Crippen molar-refractivity contribution < 1.29 is 45.6 Å². The molecule has 0 amide bonds. The van der Waals surface area contributed by atoms with Crippen molar-refractivity contribution in [2.45, 2.75) is 0 Å². The van der Waals surface area contributed by atoms with Gasteiger partial charge in [-0.15, -0.1) is 0 Å². The molecule has 12 heavy (non-hydrogen) atoms. The van der Waals surface area contributed by atoms with E-state index in [0.717, 1.165) is 0 Å². The Kier molecular flexibility index (Phi) is 17.1. The van der Waals surface area contributed by atoms with Gasteiger partial charge in [-0.2, -0.15) is 0 Å². The molecule has 0 aromatic rings. The van der Waals surface area contributed by atoms with E-state index in [1.807, 2.05) is 0 Å². The van der Waals surface area contributed by atoms with E-state index in [1.165, 1.54) is 0 Å². The van der Waals surface area contributed by atoms with Gasteiger partial charge < -0.3 is 26.7 Å². The number of halogens is 4. The van der Waals surface area contributed by atoms with Gasteiger partial charge >= 0.3 is 26.1 Å². The first-order valence-corrected chi connectivity index (χ1v) is 2.77. The second kappa shape index (κ2) is 11.3. The SMILES string of the molecule is COCCOC.F[B-](F)(F)F.[Li+]. The average molecular weight is 184 g/mol. The summed E-state index contributed by atoms with van der Waals surface area (Å²) in [7, 11) is -2.70. The Morgan fingerprint density at radius 1 is 0.917 bits per heavy atom. The van der Waals surface area contributed by atoms with Gasteiger partial charge in [-0.25, -0.2) is 0 Å². The molecule has 0 N–H and O–H groups in total. The maximum Gasteiger partial charge on any atom is 1.00 e. The van der Waals surface area contributed by atoms with Crippen molar-refractivity contribution in [3.63, 3.8) is 0 Å². The maximum absolute atomic E-state index is 9.75. The Morgan fingerprint density at radius 3 is 1.17 bits per heavy atom. The molecule has 0 saturated heterocycles. The maximum atomic E-state index is 9.75. The summed E-state index contributed by atoms with van der Waals surface area (Å²) in [4.78, 5) is 0. The summed E-state index contributed by atoms with van der Waals surface area (Å²) < 4.78 is 48.3. The van der Waals surface area contributed by atoms with Crippen molar-refractivity contribution in [3.8, 4) is 0 Å². The predicted molar refractivity (Wildman–Crippen MR) is 33.9 cm³/mol.